The lowest BCUT2D eigenvalue weighted by atomic mass is 9.97. The van der Waals surface area contributed by atoms with Gasteiger partial charge in [0, 0.05) is 18.7 Å². The smallest absolute Gasteiger partial charge is 0.254 e. The zero-order valence-electron chi connectivity index (χ0n) is 13.7. The minimum absolute atomic E-state index is 0. The highest BCUT2D eigenvalue weighted by Crippen LogP contribution is 2.36. The van der Waals surface area contributed by atoms with E-state index in [1.165, 1.54) is 0 Å². The molecule has 23 heavy (non-hydrogen) atoms. The van der Waals surface area contributed by atoms with Crippen LogP contribution in [0, 0.1) is 5.92 Å². The number of benzene rings is 1. The van der Waals surface area contributed by atoms with Gasteiger partial charge in [-0.1, -0.05) is 0 Å². The van der Waals surface area contributed by atoms with Gasteiger partial charge in [0.2, 0.25) is 0 Å². The van der Waals surface area contributed by atoms with E-state index in [2.05, 4.69) is 21.2 Å². The molecular weight excluding hydrogens is 384 g/mol. The highest BCUT2D eigenvalue weighted by molar-refractivity contribution is 9.10. The third kappa shape index (κ3) is 4.75. The Kier molecular flexibility index (Phi) is 8.16. The number of hydrogen-bond donors (Lipinski definition) is 1. The molecule has 0 aliphatic carbocycles. The fourth-order valence-electron chi connectivity index (χ4n) is 2.88. The topological polar surface area (TPSA) is 50.8 Å². The highest BCUT2D eigenvalue weighted by atomic mass is 79.9. The molecule has 130 valence electrons. The Morgan fingerprint density at radius 2 is 1.96 bits per heavy atom. The van der Waals surface area contributed by atoms with Crippen molar-refractivity contribution in [3.8, 4) is 11.5 Å². The average Bonchev–Trinajstić information content (AvgIpc) is 2.55. The van der Waals surface area contributed by atoms with Gasteiger partial charge in [-0.3, -0.25) is 4.79 Å². The number of methoxy groups -OCH3 is 2. The van der Waals surface area contributed by atoms with E-state index in [0.717, 1.165) is 36.9 Å². The van der Waals surface area contributed by atoms with Gasteiger partial charge in [0.15, 0.2) is 0 Å². The summed E-state index contributed by atoms with van der Waals surface area (Å²) in [6.07, 6.45) is 2.21. The fraction of sp³-hybridized carbons (Fsp3) is 0.562. The summed E-state index contributed by atoms with van der Waals surface area (Å²) >= 11 is 3.43. The van der Waals surface area contributed by atoms with Crippen LogP contribution in [0.15, 0.2) is 16.6 Å². The number of piperidine rings is 1. The molecule has 0 radical (unpaired) electrons. The van der Waals surface area contributed by atoms with Crippen molar-refractivity contribution in [3.05, 3.63) is 22.2 Å². The molecule has 1 N–H and O–H groups in total. The molecule has 1 aliphatic heterocycles. The minimum Gasteiger partial charge on any atom is -0.495 e. The molecule has 1 amide bonds. The molecule has 5 nitrogen and oxygen atoms in total. The van der Waals surface area contributed by atoms with Gasteiger partial charge in [-0.25, -0.2) is 0 Å². The molecule has 1 heterocycles. The number of rotatable bonds is 5. The normalized spacial score (nSPS) is 17.4. The fourth-order valence-corrected chi connectivity index (χ4v) is 3.43. The first-order valence-electron chi connectivity index (χ1n) is 7.46. The maximum absolute atomic E-state index is 12.8. The summed E-state index contributed by atoms with van der Waals surface area (Å²) in [5.41, 5.74) is 0.599. The summed E-state index contributed by atoms with van der Waals surface area (Å²) < 4.78 is 11.4. The molecule has 1 fully saturated rings. The standard InChI is InChI=1S/C16H23BrN2O3.ClH/c1-18-9-11-5-4-6-19(10-11)16(20)12-7-13(21-2)15(17)14(8-12)22-3;/h7-8,11,18H,4-6,9-10H2,1-3H3;1H. The molecule has 1 atom stereocenters. The molecule has 1 unspecified atom stereocenters. The monoisotopic (exact) mass is 406 g/mol. The second kappa shape index (κ2) is 9.35. The maximum Gasteiger partial charge on any atom is 0.254 e. The predicted molar refractivity (Wildman–Crippen MR) is 97.0 cm³/mol. The van der Waals surface area contributed by atoms with E-state index in [0.29, 0.717) is 23.0 Å². The Bertz CT molecular complexity index is 515. The van der Waals surface area contributed by atoms with Gasteiger partial charge in [0.05, 0.1) is 14.2 Å². The minimum atomic E-state index is 0. The van der Waals surface area contributed by atoms with Crippen LogP contribution in [0.2, 0.25) is 0 Å². The summed E-state index contributed by atoms with van der Waals surface area (Å²) in [6, 6.07) is 3.52. The van der Waals surface area contributed by atoms with Crippen LogP contribution in [0.4, 0.5) is 0 Å². The van der Waals surface area contributed by atoms with E-state index in [-0.39, 0.29) is 18.3 Å². The van der Waals surface area contributed by atoms with Crippen molar-refractivity contribution in [1.82, 2.24) is 10.2 Å². The lowest BCUT2D eigenvalue weighted by molar-refractivity contribution is 0.0673. The maximum atomic E-state index is 12.8. The van der Waals surface area contributed by atoms with Crippen molar-refractivity contribution in [2.75, 3.05) is 40.9 Å². The van der Waals surface area contributed by atoms with Crippen LogP contribution >= 0.6 is 28.3 Å². The Labute approximate surface area is 152 Å². The van der Waals surface area contributed by atoms with Crippen LogP contribution < -0.4 is 14.8 Å². The van der Waals surface area contributed by atoms with Gasteiger partial charge >= 0.3 is 0 Å². The van der Waals surface area contributed by atoms with Crippen LogP contribution in [0.5, 0.6) is 11.5 Å². The molecule has 0 spiro atoms. The number of nitrogens with one attached hydrogen (secondary N) is 1. The third-order valence-electron chi connectivity index (χ3n) is 3.99. The lowest BCUT2D eigenvalue weighted by Gasteiger charge is -2.33. The second-order valence-corrected chi connectivity index (χ2v) is 6.30. The van der Waals surface area contributed by atoms with E-state index in [9.17, 15) is 4.79 Å². The van der Waals surface area contributed by atoms with Crippen molar-refractivity contribution in [2.45, 2.75) is 12.8 Å². The molecule has 2 rings (SSSR count). The highest BCUT2D eigenvalue weighted by Gasteiger charge is 2.25. The van der Waals surface area contributed by atoms with E-state index < -0.39 is 0 Å². The molecule has 0 saturated carbocycles. The van der Waals surface area contributed by atoms with Crippen LogP contribution in [0.1, 0.15) is 23.2 Å². The Balaban J connectivity index is 0.00000264. The molecule has 0 bridgehead atoms. The molecule has 0 aromatic heterocycles. The first-order chi connectivity index (χ1) is 10.6. The van der Waals surface area contributed by atoms with Crippen LogP contribution in [0.3, 0.4) is 0 Å². The van der Waals surface area contributed by atoms with Crippen molar-refractivity contribution < 1.29 is 14.3 Å². The van der Waals surface area contributed by atoms with Crippen molar-refractivity contribution in [3.63, 3.8) is 0 Å². The predicted octanol–water partition coefficient (Wildman–Crippen LogP) is 2.96. The Hall–Kier alpha value is -0.980. The SMILES string of the molecule is CNCC1CCCN(C(=O)c2cc(OC)c(Br)c(OC)c2)C1.Cl. The molecule has 1 saturated heterocycles. The second-order valence-electron chi connectivity index (χ2n) is 5.51. The number of carbonyl (C=O) groups excluding carboxylic acids is 1. The van der Waals surface area contributed by atoms with Gasteiger partial charge < -0.3 is 19.7 Å². The number of halogens is 2. The van der Waals surface area contributed by atoms with Gasteiger partial charge in [-0.2, -0.15) is 0 Å². The van der Waals surface area contributed by atoms with E-state index in [1.54, 1.807) is 26.4 Å². The third-order valence-corrected chi connectivity index (χ3v) is 4.77. The first-order valence-corrected chi connectivity index (χ1v) is 8.25. The van der Waals surface area contributed by atoms with E-state index in [1.807, 2.05) is 11.9 Å². The summed E-state index contributed by atoms with van der Waals surface area (Å²) in [4.78, 5) is 14.7. The van der Waals surface area contributed by atoms with Crippen LogP contribution in [-0.2, 0) is 0 Å². The average molecular weight is 408 g/mol. The van der Waals surface area contributed by atoms with Crippen LogP contribution in [-0.4, -0.2) is 51.7 Å². The Morgan fingerprint density at radius 1 is 1.35 bits per heavy atom. The number of carbonyl (C=O) groups is 1. The van der Waals surface area contributed by atoms with Crippen molar-refractivity contribution in [1.29, 1.82) is 0 Å². The zero-order chi connectivity index (χ0) is 16.1. The molecule has 1 aromatic rings. The number of likely N-dealkylation sites (tertiary alicyclic amines) is 1. The molecule has 1 aliphatic rings. The van der Waals surface area contributed by atoms with Crippen molar-refractivity contribution >= 4 is 34.2 Å². The number of nitrogens with zero attached hydrogens (tertiary/aromatic N) is 1. The zero-order valence-corrected chi connectivity index (χ0v) is 16.1. The van der Waals surface area contributed by atoms with Crippen LogP contribution in [0.25, 0.3) is 0 Å². The number of ether oxygens (including phenoxy) is 2. The molecule has 7 heteroatoms. The van der Waals surface area contributed by atoms with E-state index >= 15 is 0 Å². The van der Waals surface area contributed by atoms with E-state index in [4.69, 9.17) is 9.47 Å². The van der Waals surface area contributed by atoms with Gasteiger partial charge in [-0.15, -0.1) is 12.4 Å². The first kappa shape index (κ1) is 20.1. The Morgan fingerprint density at radius 3 is 2.48 bits per heavy atom. The molecule has 1 aromatic carbocycles. The van der Waals surface area contributed by atoms with Gasteiger partial charge in [0.25, 0.3) is 5.91 Å². The summed E-state index contributed by atoms with van der Waals surface area (Å²) in [6.45, 7) is 2.54. The van der Waals surface area contributed by atoms with Gasteiger partial charge in [0.1, 0.15) is 16.0 Å². The lowest BCUT2D eigenvalue weighted by Crippen LogP contribution is -2.42. The van der Waals surface area contributed by atoms with Crippen molar-refractivity contribution in [2.24, 2.45) is 5.92 Å². The summed E-state index contributed by atoms with van der Waals surface area (Å²) in [7, 11) is 5.11. The quantitative estimate of drug-likeness (QED) is 0.815. The summed E-state index contributed by atoms with van der Waals surface area (Å²) in [5.74, 6) is 1.75. The summed E-state index contributed by atoms with van der Waals surface area (Å²) in [5, 5.41) is 3.20. The number of hydrogen-bond acceptors (Lipinski definition) is 4. The number of amides is 1. The molecular formula is C16H24BrClN2O3. The largest absolute Gasteiger partial charge is 0.495 e. The van der Waals surface area contributed by atoms with Gasteiger partial charge in [-0.05, 0) is 60.4 Å².